The fourth-order valence-electron chi connectivity index (χ4n) is 2.91. The number of rotatable bonds is 5. The van der Waals surface area contributed by atoms with E-state index in [0.717, 1.165) is 43.6 Å². The summed E-state index contributed by atoms with van der Waals surface area (Å²) in [6, 6.07) is 8.07. The van der Waals surface area contributed by atoms with E-state index in [9.17, 15) is 4.79 Å². The van der Waals surface area contributed by atoms with Crippen molar-refractivity contribution >= 4 is 17.6 Å². The van der Waals surface area contributed by atoms with Crippen LogP contribution in [-0.4, -0.2) is 70.8 Å². The second-order valence-electron chi connectivity index (χ2n) is 6.00. The molecule has 2 rings (SSSR count). The van der Waals surface area contributed by atoms with E-state index < -0.39 is 0 Å². The number of anilines is 1. The Labute approximate surface area is 149 Å². The second kappa shape index (κ2) is 9.15. The van der Waals surface area contributed by atoms with Gasteiger partial charge >= 0.3 is 5.97 Å². The van der Waals surface area contributed by atoms with Gasteiger partial charge in [0.25, 0.3) is 0 Å². The van der Waals surface area contributed by atoms with Crippen molar-refractivity contribution in [1.82, 2.24) is 10.2 Å². The van der Waals surface area contributed by atoms with Gasteiger partial charge < -0.3 is 24.6 Å². The molecule has 25 heavy (non-hydrogen) atoms. The number of nitrogens with one attached hydrogen (secondary N) is 1. The van der Waals surface area contributed by atoms with Crippen LogP contribution in [0.1, 0.15) is 6.92 Å². The van der Waals surface area contributed by atoms with E-state index in [2.05, 4.69) is 26.2 Å². The van der Waals surface area contributed by atoms with Crippen molar-refractivity contribution < 1.29 is 14.3 Å². The maximum atomic E-state index is 11.5. The van der Waals surface area contributed by atoms with Gasteiger partial charge in [0.15, 0.2) is 5.96 Å². The number of carbonyl (C=O) groups excluding carboxylic acids is 1. The van der Waals surface area contributed by atoms with Crippen molar-refractivity contribution in [2.45, 2.75) is 6.92 Å². The molecule has 1 unspecified atom stereocenters. The lowest BCUT2D eigenvalue weighted by atomic mass is 10.2. The summed E-state index contributed by atoms with van der Waals surface area (Å²) in [4.78, 5) is 20.4. The third-order valence-electron chi connectivity index (χ3n) is 4.39. The average molecular weight is 348 g/mol. The highest BCUT2D eigenvalue weighted by atomic mass is 16.5. The predicted octanol–water partition coefficient (Wildman–Crippen LogP) is 1.20. The fourth-order valence-corrected chi connectivity index (χ4v) is 2.91. The van der Waals surface area contributed by atoms with E-state index in [-0.39, 0.29) is 11.9 Å². The number of guanidine groups is 1. The van der Waals surface area contributed by atoms with Gasteiger partial charge in [0, 0.05) is 39.8 Å². The van der Waals surface area contributed by atoms with Crippen LogP contribution in [0.2, 0.25) is 0 Å². The maximum absolute atomic E-state index is 11.5. The predicted molar refractivity (Wildman–Crippen MR) is 99.3 cm³/mol. The summed E-state index contributed by atoms with van der Waals surface area (Å²) in [7, 11) is 4.87. The summed E-state index contributed by atoms with van der Waals surface area (Å²) >= 11 is 0. The van der Waals surface area contributed by atoms with Crippen LogP contribution in [0.3, 0.4) is 0 Å². The van der Waals surface area contributed by atoms with Crippen LogP contribution in [0.15, 0.2) is 29.3 Å². The number of aliphatic imine (C=N–C) groups is 1. The summed E-state index contributed by atoms with van der Waals surface area (Å²) in [6.45, 7) is 5.81. The topological polar surface area (TPSA) is 66.4 Å². The molecule has 0 aromatic heterocycles. The van der Waals surface area contributed by atoms with E-state index >= 15 is 0 Å². The molecule has 1 N–H and O–H groups in total. The number of esters is 1. The molecule has 1 aliphatic rings. The highest BCUT2D eigenvalue weighted by Gasteiger charge is 2.22. The maximum Gasteiger partial charge on any atom is 0.310 e. The summed E-state index contributed by atoms with van der Waals surface area (Å²) in [5, 5.41) is 3.26. The minimum Gasteiger partial charge on any atom is -0.495 e. The molecule has 1 fully saturated rings. The highest BCUT2D eigenvalue weighted by Crippen LogP contribution is 2.28. The smallest absolute Gasteiger partial charge is 0.310 e. The van der Waals surface area contributed by atoms with Crippen LogP contribution in [-0.2, 0) is 9.53 Å². The summed E-state index contributed by atoms with van der Waals surface area (Å²) in [5.74, 6) is 1.28. The quantitative estimate of drug-likeness (QED) is 0.490. The average Bonchev–Trinajstić information content (AvgIpc) is 2.68. The molecule has 1 aromatic carbocycles. The Morgan fingerprint density at radius 2 is 1.92 bits per heavy atom. The molecule has 7 heteroatoms. The Morgan fingerprint density at radius 3 is 2.52 bits per heavy atom. The number of methoxy groups -OCH3 is 2. The first-order chi connectivity index (χ1) is 12.1. The third kappa shape index (κ3) is 4.78. The van der Waals surface area contributed by atoms with Crippen molar-refractivity contribution in [3.63, 3.8) is 0 Å². The van der Waals surface area contributed by atoms with Crippen LogP contribution in [0.25, 0.3) is 0 Å². The lowest BCUT2D eigenvalue weighted by Crippen LogP contribution is -2.53. The highest BCUT2D eigenvalue weighted by molar-refractivity contribution is 5.81. The van der Waals surface area contributed by atoms with Gasteiger partial charge in [0.2, 0.25) is 0 Å². The molecular weight excluding hydrogens is 320 g/mol. The van der Waals surface area contributed by atoms with Gasteiger partial charge in [0.05, 0.1) is 25.8 Å². The van der Waals surface area contributed by atoms with Crippen LogP contribution < -0.4 is 15.0 Å². The van der Waals surface area contributed by atoms with E-state index in [4.69, 9.17) is 9.47 Å². The first-order valence-electron chi connectivity index (χ1n) is 8.52. The van der Waals surface area contributed by atoms with Crippen molar-refractivity contribution in [2.24, 2.45) is 10.9 Å². The third-order valence-corrected chi connectivity index (χ3v) is 4.39. The molecule has 0 bridgehead atoms. The molecule has 1 saturated heterocycles. The summed E-state index contributed by atoms with van der Waals surface area (Å²) in [5.41, 5.74) is 1.12. The van der Waals surface area contributed by atoms with Crippen molar-refractivity contribution in [3.05, 3.63) is 24.3 Å². The van der Waals surface area contributed by atoms with Gasteiger partial charge in [-0.15, -0.1) is 0 Å². The van der Waals surface area contributed by atoms with Crippen molar-refractivity contribution in [3.8, 4) is 5.75 Å². The summed E-state index contributed by atoms with van der Waals surface area (Å²) < 4.78 is 10.2. The minimum atomic E-state index is -0.219. The molecule has 0 aliphatic carbocycles. The van der Waals surface area contributed by atoms with Crippen LogP contribution in [0.4, 0.5) is 5.69 Å². The molecule has 0 amide bonds. The second-order valence-corrected chi connectivity index (χ2v) is 6.00. The molecule has 1 atom stereocenters. The SMILES string of the molecule is CN=C(NCC(C)C(=O)OC)N1CCN(c2ccccc2OC)CC1. The monoisotopic (exact) mass is 348 g/mol. The lowest BCUT2D eigenvalue weighted by molar-refractivity contribution is -0.144. The van der Waals surface area contributed by atoms with Gasteiger partial charge in [-0.3, -0.25) is 9.79 Å². The van der Waals surface area contributed by atoms with Gasteiger partial charge in [-0.05, 0) is 12.1 Å². The molecule has 0 saturated carbocycles. The number of hydrogen-bond acceptors (Lipinski definition) is 5. The van der Waals surface area contributed by atoms with Crippen molar-refractivity contribution in [2.75, 3.05) is 58.9 Å². The first-order valence-corrected chi connectivity index (χ1v) is 8.52. The van der Waals surface area contributed by atoms with Gasteiger partial charge in [-0.25, -0.2) is 0 Å². The van der Waals surface area contributed by atoms with Gasteiger partial charge in [-0.2, -0.15) is 0 Å². The largest absolute Gasteiger partial charge is 0.495 e. The number of piperazine rings is 1. The zero-order valence-electron chi connectivity index (χ0n) is 15.5. The zero-order valence-corrected chi connectivity index (χ0v) is 15.5. The zero-order chi connectivity index (χ0) is 18.2. The van der Waals surface area contributed by atoms with Gasteiger partial charge in [0.1, 0.15) is 5.75 Å². The van der Waals surface area contributed by atoms with Crippen LogP contribution in [0, 0.1) is 5.92 Å². The molecule has 1 aromatic rings. The van der Waals surface area contributed by atoms with E-state index in [1.807, 2.05) is 25.1 Å². The number of benzene rings is 1. The number of ether oxygens (including phenoxy) is 2. The summed E-state index contributed by atoms with van der Waals surface area (Å²) in [6.07, 6.45) is 0. The van der Waals surface area contributed by atoms with E-state index in [0.29, 0.717) is 6.54 Å². The number of hydrogen-bond donors (Lipinski definition) is 1. The number of carbonyl (C=O) groups is 1. The first kappa shape index (κ1) is 18.9. The van der Waals surface area contributed by atoms with Crippen LogP contribution >= 0.6 is 0 Å². The number of para-hydroxylation sites is 2. The van der Waals surface area contributed by atoms with E-state index in [1.54, 1.807) is 14.2 Å². The van der Waals surface area contributed by atoms with Crippen molar-refractivity contribution in [1.29, 1.82) is 0 Å². The molecule has 1 aliphatic heterocycles. The normalized spacial score (nSPS) is 16.4. The molecule has 138 valence electrons. The Balaban J connectivity index is 1.90. The minimum absolute atomic E-state index is 0.211. The lowest BCUT2D eigenvalue weighted by Gasteiger charge is -2.38. The Kier molecular flexibility index (Phi) is 6.91. The molecule has 7 nitrogen and oxygen atoms in total. The number of nitrogens with zero attached hydrogens (tertiary/aromatic N) is 3. The standard InChI is InChI=1S/C18H28N4O3/c1-14(17(23)25-4)13-20-18(19-2)22-11-9-21(10-12-22)15-7-5-6-8-16(15)24-3/h5-8,14H,9-13H2,1-4H3,(H,19,20). The molecular formula is C18H28N4O3. The Morgan fingerprint density at radius 1 is 1.24 bits per heavy atom. The molecule has 0 radical (unpaired) electrons. The molecule has 0 spiro atoms. The molecule has 1 heterocycles. The van der Waals surface area contributed by atoms with Crippen LogP contribution in [0.5, 0.6) is 5.75 Å². The Bertz CT molecular complexity index is 598. The van der Waals surface area contributed by atoms with E-state index in [1.165, 1.54) is 7.11 Å². The Hall–Kier alpha value is -2.44. The van der Waals surface area contributed by atoms with Gasteiger partial charge in [-0.1, -0.05) is 19.1 Å². The fraction of sp³-hybridized carbons (Fsp3) is 0.556.